The molecule has 4 heterocycles. The summed E-state index contributed by atoms with van der Waals surface area (Å²) < 4.78 is 15.5. The van der Waals surface area contributed by atoms with Gasteiger partial charge in [-0.3, -0.25) is 0 Å². The van der Waals surface area contributed by atoms with Crippen LogP contribution in [0.2, 0.25) is 0 Å². The average molecular weight is 781 g/mol. The lowest BCUT2D eigenvalue weighted by molar-refractivity contribution is 0.426. The number of furan rings is 1. The lowest BCUT2D eigenvalue weighted by Crippen LogP contribution is -2.07. The van der Waals surface area contributed by atoms with Crippen LogP contribution in [0.25, 0.3) is 110 Å². The predicted octanol–water partition coefficient (Wildman–Crippen LogP) is 13.9. The van der Waals surface area contributed by atoms with Gasteiger partial charge in [0, 0.05) is 66.9 Å². The van der Waals surface area contributed by atoms with E-state index in [4.69, 9.17) is 24.1 Å². The zero-order valence-corrected chi connectivity index (χ0v) is 32.6. The molecular formula is C55H32N4O2. The lowest BCUT2D eigenvalue weighted by Gasteiger charge is -2.16. The van der Waals surface area contributed by atoms with Crippen molar-refractivity contribution in [3.05, 3.63) is 193 Å². The second kappa shape index (κ2) is 12.2. The third kappa shape index (κ3) is 4.64. The Hall–Kier alpha value is -8.09. The van der Waals surface area contributed by atoms with Crippen LogP contribution in [0.3, 0.4) is 0 Å². The van der Waals surface area contributed by atoms with Gasteiger partial charge in [0.1, 0.15) is 22.7 Å². The zero-order chi connectivity index (χ0) is 39.8. The molecule has 14 rings (SSSR count). The second-order valence-corrected chi connectivity index (χ2v) is 16.2. The Balaban J connectivity index is 0.962. The van der Waals surface area contributed by atoms with Crippen LogP contribution in [-0.4, -0.2) is 19.5 Å². The van der Waals surface area contributed by atoms with Gasteiger partial charge in [-0.15, -0.1) is 0 Å². The van der Waals surface area contributed by atoms with Gasteiger partial charge in [0.15, 0.2) is 17.5 Å². The van der Waals surface area contributed by atoms with Crippen molar-refractivity contribution in [3.8, 4) is 34.2 Å². The van der Waals surface area contributed by atoms with E-state index in [1.165, 1.54) is 59.7 Å². The molecular weight excluding hydrogens is 749 g/mol. The summed E-state index contributed by atoms with van der Waals surface area (Å²) in [6, 6.07) is 57.8. The Morgan fingerprint density at radius 2 is 1.26 bits per heavy atom. The highest BCUT2D eigenvalue weighted by Gasteiger charge is 2.32. The monoisotopic (exact) mass is 780 g/mol. The molecule has 1 atom stereocenters. The van der Waals surface area contributed by atoms with Crippen molar-refractivity contribution < 1.29 is 9.15 Å². The quantitative estimate of drug-likeness (QED) is 0.166. The number of aromatic nitrogens is 4. The molecule has 0 N–H and O–H groups in total. The summed E-state index contributed by atoms with van der Waals surface area (Å²) in [4.78, 5) is 15.4. The van der Waals surface area contributed by atoms with Crippen molar-refractivity contribution in [2.24, 2.45) is 0 Å². The highest BCUT2D eigenvalue weighted by Crippen LogP contribution is 2.48. The summed E-state index contributed by atoms with van der Waals surface area (Å²) in [6.45, 7) is 0. The van der Waals surface area contributed by atoms with Crippen molar-refractivity contribution in [1.29, 1.82) is 0 Å². The fraction of sp³-hybridized carbons (Fsp3) is 0.0364. The number of rotatable bonds is 4. The van der Waals surface area contributed by atoms with E-state index in [1.807, 2.05) is 54.6 Å². The first-order valence-electron chi connectivity index (χ1n) is 20.8. The van der Waals surface area contributed by atoms with Crippen LogP contribution in [0.5, 0.6) is 5.75 Å². The Labute approximate surface area is 348 Å². The van der Waals surface area contributed by atoms with E-state index in [9.17, 15) is 0 Å². The number of hydrogen-bond acceptors (Lipinski definition) is 5. The highest BCUT2D eigenvalue weighted by molar-refractivity contribution is 6.39. The Kier molecular flexibility index (Phi) is 6.58. The van der Waals surface area contributed by atoms with Crippen LogP contribution in [0, 0.1) is 0 Å². The van der Waals surface area contributed by atoms with Crippen LogP contribution in [0.4, 0.5) is 0 Å². The third-order valence-electron chi connectivity index (χ3n) is 12.9. The minimum atomic E-state index is 0.195. The number of benzene rings is 9. The Morgan fingerprint density at radius 1 is 0.508 bits per heavy atom. The van der Waals surface area contributed by atoms with Gasteiger partial charge >= 0.3 is 0 Å². The summed E-state index contributed by atoms with van der Waals surface area (Å²) in [5.74, 6) is 3.85. The second-order valence-electron chi connectivity index (χ2n) is 16.2. The van der Waals surface area contributed by atoms with Crippen molar-refractivity contribution in [1.82, 2.24) is 19.5 Å². The molecule has 9 aromatic carbocycles. The molecule has 0 saturated carbocycles. The van der Waals surface area contributed by atoms with Gasteiger partial charge in [-0.2, -0.15) is 0 Å². The molecule has 0 amide bonds. The molecule has 0 spiro atoms. The molecule has 1 unspecified atom stereocenters. The van der Waals surface area contributed by atoms with Crippen LogP contribution in [0.1, 0.15) is 23.7 Å². The topological polar surface area (TPSA) is 66.0 Å². The van der Waals surface area contributed by atoms with E-state index in [-0.39, 0.29) is 5.92 Å². The van der Waals surface area contributed by atoms with Gasteiger partial charge in [-0.25, -0.2) is 15.0 Å². The number of nitrogens with zero attached hydrogens (tertiary/aromatic N) is 4. The number of ether oxygens (including phenoxy) is 1. The number of hydrogen-bond donors (Lipinski definition) is 0. The molecule has 61 heavy (non-hydrogen) atoms. The van der Waals surface area contributed by atoms with E-state index in [0.717, 1.165) is 62.3 Å². The van der Waals surface area contributed by atoms with Crippen LogP contribution < -0.4 is 4.74 Å². The van der Waals surface area contributed by atoms with Crippen molar-refractivity contribution in [2.45, 2.75) is 12.3 Å². The van der Waals surface area contributed by atoms with Gasteiger partial charge in [0.25, 0.3) is 0 Å². The molecule has 0 fully saturated rings. The van der Waals surface area contributed by atoms with Crippen molar-refractivity contribution >= 4 is 81.6 Å². The number of allylic oxidation sites excluding steroid dienone is 4. The molecule has 2 aliphatic rings. The molecule has 284 valence electrons. The van der Waals surface area contributed by atoms with Crippen LogP contribution >= 0.6 is 0 Å². The summed E-state index contributed by atoms with van der Waals surface area (Å²) >= 11 is 0. The number of fused-ring (bicyclic) bond motifs is 11. The Morgan fingerprint density at radius 3 is 2.20 bits per heavy atom. The van der Waals surface area contributed by atoms with Crippen LogP contribution in [-0.2, 0) is 0 Å². The van der Waals surface area contributed by atoms with E-state index in [0.29, 0.717) is 17.5 Å². The number of para-hydroxylation sites is 1. The molecule has 1 aliphatic carbocycles. The maximum absolute atomic E-state index is 6.78. The molecule has 12 aromatic rings. The smallest absolute Gasteiger partial charge is 0.164 e. The molecule has 1 aliphatic heterocycles. The van der Waals surface area contributed by atoms with E-state index < -0.39 is 0 Å². The van der Waals surface area contributed by atoms with Gasteiger partial charge < -0.3 is 13.7 Å². The van der Waals surface area contributed by atoms with Crippen molar-refractivity contribution in [3.63, 3.8) is 0 Å². The summed E-state index contributed by atoms with van der Waals surface area (Å²) in [6.07, 6.45) is 5.13. The fourth-order valence-corrected chi connectivity index (χ4v) is 10.3. The first-order chi connectivity index (χ1) is 30.2. The Bertz CT molecular complexity index is 3890. The molecule has 0 saturated heterocycles. The summed E-state index contributed by atoms with van der Waals surface area (Å²) in [5.41, 5.74) is 8.91. The first kappa shape index (κ1) is 32.8. The van der Waals surface area contributed by atoms with E-state index in [2.05, 4.69) is 126 Å². The normalized spacial score (nSPS) is 15.0. The predicted molar refractivity (Wildman–Crippen MR) is 247 cm³/mol. The zero-order valence-electron chi connectivity index (χ0n) is 32.6. The molecule has 0 radical (unpaired) electrons. The molecule has 3 aromatic heterocycles. The standard InChI is InChI=1S/C55H32N4O2/c1-2-12-31(13-3-1)53-56-54(33-24-26-38-37-17-8-9-22-45(37)60-47(38)29-33)58-55(57-53)42-20-11-23-46-49(42)41-27-25-34(30-48(41)61-46)59-43-21-10-19-40-36-16-6-7-18-39(36)50-35-15-5-4-14-32(35)28-44(59)52(50)51(40)43/h1-25,27-30,38H,26H2. The van der Waals surface area contributed by atoms with Gasteiger partial charge in [0.2, 0.25) is 0 Å². The van der Waals surface area contributed by atoms with Gasteiger partial charge in [0.05, 0.1) is 11.0 Å². The average Bonchev–Trinajstić information content (AvgIpc) is 4.00. The molecule has 0 bridgehead atoms. The minimum absolute atomic E-state index is 0.195. The molecule has 6 heteroatoms. The first-order valence-corrected chi connectivity index (χ1v) is 20.8. The van der Waals surface area contributed by atoms with Crippen molar-refractivity contribution in [2.75, 3.05) is 0 Å². The van der Waals surface area contributed by atoms with Crippen LogP contribution in [0.15, 0.2) is 186 Å². The largest absolute Gasteiger partial charge is 0.461 e. The van der Waals surface area contributed by atoms with E-state index >= 15 is 0 Å². The summed E-state index contributed by atoms with van der Waals surface area (Å²) in [7, 11) is 0. The minimum Gasteiger partial charge on any atom is -0.461 e. The highest BCUT2D eigenvalue weighted by atomic mass is 16.5. The lowest BCUT2D eigenvalue weighted by atomic mass is 9.89. The SMILES string of the molecule is C1=C(c2nc(-c3ccccc3)nc(-c3cccc4oc5cc(-n6c7cccc8c9ccccc9c9c%10ccccc%10cc6c9c87)ccc5c34)n2)C=C2Oc3ccccc3C2C1. The molecule has 6 nitrogen and oxygen atoms in total. The maximum Gasteiger partial charge on any atom is 0.164 e. The fourth-order valence-electron chi connectivity index (χ4n) is 10.3. The van der Waals surface area contributed by atoms with E-state index in [1.54, 1.807) is 0 Å². The van der Waals surface area contributed by atoms with Gasteiger partial charge in [-0.05, 0) is 75.8 Å². The van der Waals surface area contributed by atoms with Gasteiger partial charge in [-0.1, -0.05) is 127 Å². The third-order valence-corrected chi connectivity index (χ3v) is 12.9. The maximum atomic E-state index is 6.78. The summed E-state index contributed by atoms with van der Waals surface area (Å²) in [5, 5.41) is 12.1.